The van der Waals surface area contributed by atoms with Gasteiger partial charge in [0.15, 0.2) is 0 Å². The van der Waals surface area contributed by atoms with E-state index in [0.717, 1.165) is 36.5 Å². The van der Waals surface area contributed by atoms with Gasteiger partial charge in [-0.25, -0.2) is 0 Å². The molecular formula is C19H29NO. The Labute approximate surface area is 129 Å². The zero-order valence-corrected chi connectivity index (χ0v) is 13.9. The van der Waals surface area contributed by atoms with E-state index in [1.165, 1.54) is 24.0 Å². The number of allylic oxidation sites excluding steroid dienone is 3. The van der Waals surface area contributed by atoms with Crippen LogP contribution in [0.15, 0.2) is 36.0 Å². The third-order valence-electron chi connectivity index (χ3n) is 3.47. The Balaban J connectivity index is 2.83. The van der Waals surface area contributed by atoms with Gasteiger partial charge in [0.2, 0.25) is 0 Å². The molecule has 0 bridgehead atoms. The van der Waals surface area contributed by atoms with Crippen LogP contribution in [0.1, 0.15) is 57.6 Å². The molecule has 0 radical (unpaired) electrons. The molecular weight excluding hydrogens is 258 g/mol. The van der Waals surface area contributed by atoms with Crippen LogP contribution in [0.4, 0.5) is 0 Å². The molecule has 21 heavy (non-hydrogen) atoms. The van der Waals surface area contributed by atoms with Crippen LogP contribution in [0, 0.1) is 6.92 Å². The highest BCUT2D eigenvalue weighted by atomic mass is 16.5. The highest BCUT2D eigenvalue weighted by molar-refractivity contribution is 5.67. The fourth-order valence-electron chi connectivity index (χ4n) is 2.16. The molecule has 0 heterocycles. The van der Waals surface area contributed by atoms with Crippen molar-refractivity contribution in [2.24, 2.45) is 5.73 Å². The van der Waals surface area contributed by atoms with E-state index in [-0.39, 0.29) is 0 Å². The van der Waals surface area contributed by atoms with Crippen molar-refractivity contribution in [1.82, 2.24) is 0 Å². The van der Waals surface area contributed by atoms with Gasteiger partial charge in [0.25, 0.3) is 0 Å². The smallest absolute Gasteiger partial charge is 0.122 e. The lowest BCUT2D eigenvalue weighted by atomic mass is 10.0. The Hall–Kier alpha value is -1.70. The maximum absolute atomic E-state index is 5.96. The van der Waals surface area contributed by atoms with Gasteiger partial charge < -0.3 is 10.5 Å². The topological polar surface area (TPSA) is 35.2 Å². The molecule has 2 nitrogen and oxygen atoms in total. The normalized spacial score (nSPS) is 12.6. The Bertz CT molecular complexity index is 500. The fraction of sp³-hybridized carbons (Fsp3) is 0.474. The zero-order chi connectivity index (χ0) is 15.7. The number of nitrogens with two attached hydrogens (primary N) is 1. The summed E-state index contributed by atoms with van der Waals surface area (Å²) in [5, 5.41) is 0. The third-order valence-corrected chi connectivity index (χ3v) is 3.47. The summed E-state index contributed by atoms with van der Waals surface area (Å²) in [6, 6.07) is 6.35. The first-order chi connectivity index (χ1) is 10.1. The maximum Gasteiger partial charge on any atom is 0.122 e. The molecule has 2 N–H and O–H groups in total. The first kappa shape index (κ1) is 17.4. The standard InChI is InChI=1S/C19H29NO/c1-5-7-8-12-21-19-14-17(11-10-15(19)3)16(4)13-18(20)9-6-2/h9-11,13-14H,5-8,12,20H2,1-4H3/b16-13+,18-9?. The molecule has 0 unspecified atom stereocenters. The second kappa shape index (κ2) is 9.28. The van der Waals surface area contributed by atoms with Gasteiger partial charge in [-0.2, -0.15) is 0 Å². The van der Waals surface area contributed by atoms with Crippen LogP contribution in [0.25, 0.3) is 5.57 Å². The average molecular weight is 287 g/mol. The molecule has 0 saturated heterocycles. The Morgan fingerprint density at radius 2 is 2.00 bits per heavy atom. The van der Waals surface area contributed by atoms with Crippen molar-refractivity contribution in [2.45, 2.75) is 53.4 Å². The van der Waals surface area contributed by atoms with Crippen LogP contribution >= 0.6 is 0 Å². The summed E-state index contributed by atoms with van der Waals surface area (Å²) in [4.78, 5) is 0. The predicted molar refractivity (Wildman–Crippen MR) is 92.4 cm³/mol. The van der Waals surface area contributed by atoms with Crippen molar-refractivity contribution < 1.29 is 4.74 Å². The van der Waals surface area contributed by atoms with E-state index in [9.17, 15) is 0 Å². The second-order valence-electron chi connectivity index (χ2n) is 5.48. The van der Waals surface area contributed by atoms with E-state index in [1.54, 1.807) is 0 Å². The zero-order valence-electron chi connectivity index (χ0n) is 13.9. The van der Waals surface area contributed by atoms with Crippen LogP contribution in [-0.2, 0) is 0 Å². The highest BCUT2D eigenvalue weighted by Crippen LogP contribution is 2.24. The molecule has 0 saturated carbocycles. The SMILES string of the molecule is CCC=C(N)/C=C(\C)c1ccc(C)c(OCCCCC)c1. The summed E-state index contributed by atoms with van der Waals surface area (Å²) in [7, 11) is 0. The molecule has 2 heteroatoms. The molecule has 0 aromatic heterocycles. The molecule has 0 aliphatic rings. The van der Waals surface area contributed by atoms with Crippen molar-refractivity contribution in [3.05, 3.63) is 47.2 Å². The third kappa shape index (κ3) is 6.07. The fourth-order valence-corrected chi connectivity index (χ4v) is 2.16. The lowest BCUT2D eigenvalue weighted by Gasteiger charge is -2.11. The molecule has 0 spiro atoms. The molecule has 0 aliphatic heterocycles. The van der Waals surface area contributed by atoms with E-state index in [0.29, 0.717) is 0 Å². The van der Waals surface area contributed by atoms with Crippen molar-refractivity contribution in [3.8, 4) is 5.75 Å². The molecule has 0 fully saturated rings. The minimum atomic E-state index is 0.790. The number of ether oxygens (including phenoxy) is 1. The molecule has 1 rings (SSSR count). The van der Waals surface area contributed by atoms with E-state index in [4.69, 9.17) is 10.5 Å². The van der Waals surface area contributed by atoms with Gasteiger partial charge in [-0.15, -0.1) is 0 Å². The van der Waals surface area contributed by atoms with Crippen LogP contribution in [-0.4, -0.2) is 6.61 Å². The summed E-state index contributed by atoms with van der Waals surface area (Å²) < 4.78 is 5.91. The summed E-state index contributed by atoms with van der Waals surface area (Å²) in [6.45, 7) is 9.25. The summed E-state index contributed by atoms with van der Waals surface area (Å²) in [6.07, 6.45) is 8.55. The van der Waals surface area contributed by atoms with Gasteiger partial charge in [-0.3, -0.25) is 0 Å². The van der Waals surface area contributed by atoms with Crippen molar-refractivity contribution in [2.75, 3.05) is 6.61 Å². The van der Waals surface area contributed by atoms with Crippen molar-refractivity contribution >= 4 is 5.57 Å². The summed E-state index contributed by atoms with van der Waals surface area (Å²) in [5.74, 6) is 0.981. The van der Waals surface area contributed by atoms with Crippen molar-refractivity contribution in [3.63, 3.8) is 0 Å². The number of rotatable bonds is 8. The first-order valence-electron chi connectivity index (χ1n) is 7.96. The Morgan fingerprint density at radius 3 is 2.67 bits per heavy atom. The van der Waals surface area contributed by atoms with Gasteiger partial charge >= 0.3 is 0 Å². The van der Waals surface area contributed by atoms with E-state index < -0.39 is 0 Å². The quantitative estimate of drug-likeness (QED) is 0.525. The number of aryl methyl sites for hydroxylation is 1. The number of hydrogen-bond acceptors (Lipinski definition) is 2. The molecule has 1 aromatic rings. The van der Waals surface area contributed by atoms with Crippen LogP contribution in [0.3, 0.4) is 0 Å². The Kier molecular flexibility index (Phi) is 7.66. The summed E-state index contributed by atoms with van der Waals surface area (Å²) in [5.41, 5.74) is 10.3. The predicted octanol–water partition coefficient (Wildman–Crippen LogP) is 5.22. The van der Waals surface area contributed by atoms with Crippen molar-refractivity contribution in [1.29, 1.82) is 0 Å². The van der Waals surface area contributed by atoms with Gasteiger partial charge in [-0.1, -0.05) is 44.9 Å². The molecule has 116 valence electrons. The number of benzene rings is 1. The van der Waals surface area contributed by atoms with Crippen LogP contribution in [0.2, 0.25) is 0 Å². The first-order valence-corrected chi connectivity index (χ1v) is 7.96. The van der Waals surface area contributed by atoms with Crippen LogP contribution < -0.4 is 10.5 Å². The summed E-state index contributed by atoms with van der Waals surface area (Å²) >= 11 is 0. The maximum atomic E-state index is 5.96. The number of hydrogen-bond donors (Lipinski definition) is 1. The van der Waals surface area contributed by atoms with Gasteiger partial charge in [0.05, 0.1) is 6.61 Å². The van der Waals surface area contributed by atoms with Gasteiger partial charge in [0, 0.05) is 5.70 Å². The lowest BCUT2D eigenvalue weighted by Crippen LogP contribution is -1.99. The molecule has 0 aliphatic carbocycles. The van der Waals surface area contributed by atoms with Gasteiger partial charge in [0.1, 0.15) is 5.75 Å². The van der Waals surface area contributed by atoms with E-state index >= 15 is 0 Å². The van der Waals surface area contributed by atoms with Gasteiger partial charge in [-0.05, 0) is 55.5 Å². The minimum Gasteiger partial charge on any atom is -0.493 e. The van der Waals surface area contributed by atoms with E-state index in [1.807, 2.05) is 12.2 Å². The van der Waals surface area contributed by atoms with Crippen LogP contribution in [0.5, 0.6) is 5.75 Å². The molecule has 0 atom stereocenters. The van der Waals surface area contributed by atoms with E-state index in [2.05, 4.69) is 45.9 Å². The lowest BCUT2D eigenvalue weighted by molar-refractivity contribution is 0.304. The largest absolute Gasteiger partial charge is 0.493 e. The Morgan fingerprint density at radius 1 is 1.24 bits per heavy atom. The highest BCUT2D eigenvalue weighted by Gasteiger charge is 2.03. The molecule has 1 aromatic carbocycles. The second-order valence-corrected chi connectivity index (χ2v) is 5.48. The molecule has 0 amide bonds. The average Bonchev–Trinajstić information content (AvgIpc) is 2.45. The minimum absolute atomic E-state index is 0.790. The number of unbranched alkanes of at least 4 members (excludes halogenated alkanes) is 2. The monoisotopic (exact) mass is 287 g/mol.